The number of benzene rings is 1. The van der Waals surface area contributed by atoms with Crippen LogP contribution in [0.1, 0.15) is 17.4 Å². The number of furan rings is 2. The van der Waals surface area contributed by atoms with Gasteiger partial charge in [-0.3, -0.25) is 0 Å². The van der Waals surface area contributed by atoms with Crippen LogP contribution in [0.25, 0.3) is 11.0 Å². The van der Waals surface area contributed by atoms with Crippen molar-refractivity contribution in [1.82, 2.24) is 0 Å². The first-order chi connectivity index (χ1) is 8.66. The van der Waals surface area contributed by atoms with Gasteiger partial charge in [0, 0.05) is 10.9 Å². The van der Waals surface area contributed by atoms with E-state index in [0.29, 0.717) is 16.7 Å². The summed E-state index contributed by atoms with van der Waals surface area (Å²) in [6.07, 6.45) is 1.45. The van der Waals surface area contributed by atoms with E-state index in [1.165, 1.54) is 12.3 Å². The summed E-state index contributed by atoms with van der Waals surface area (Å²) in [4.78, 5) is 0. The van der Waals surface area contributed by atoms with E-state index in [1.54, 1.807) is 24.3 Å². The van der Waals surface area contributed by atoms with Gasteiger partial charge in [-0.15, -0.1) is 0 Å². The monoisotopic (exact) mass is 265 g/mol. The van der Waals surface area contributed by atoms with E-state index < -0.39 is 11.9 Å². The summed E-state index contributed by atoms with van der Waals surface area (Å²) in [5, 5.41) is 0.878. The number of halogens is 2. The molecule has 2 heterocycles. The van der Waals surface area contributed by atoms with Crippen LogP contribution in [0, 0.1) is 5.82 Å². The Morgan fingerprint density at radius 2 is 2.11 bits per heavy atom. The van der Waals surface area contributed by atoms with Crippen LogP contribution in [-0.2, 0) is 0 Å². The van der Waals surface area contributed by atoms with E-state index in [9.17, 15) is 4.39 Å². The molecule has 0 aliphatic heterocycles. The summed E-state index contributed by atoms with van der Waals surface area (Å²) in [5.41, 5.74) is 6.82. The standard InChI is InChI=1S/C13H9ClFNO2/c14-13-8(4-5-17-13)11(16)10-6-7-2-1-3-9(15)12(7)18-10/h1-6,11H,16H2. The van der Waals surface area contributed by atoms with Crippen LogP contribution < -0.4 is 5.73 Å². The topological polar surface area (TPSA) is 52.3 Å². The van der Waals surface area contributed by atoms with E-state index in [2.05, 4.69) is 0 Å². The first kappa shape index (κ1) is 11.3. The fourth-order valence-electron chi connectivity index (χ4n) is 1.88. The number of hydrogen-bond donors (Lipinski definition) is 1. The van der Waals surface area contributed by atoms with Crippen LogP contribution in [0.5, 0.6) is 0 Å². The molecule has 0 fully saturated rings. The van der Waals surface area contributed by atoms with Crippen molar-refractivity contribution in [2.45, 2.75) is 6.04 Å². The first-order valence-electron chi connectivity index (χ1n) is 5.33. The van der Waals surface area contributed by atoms with Gasteiger partial charge < -0.3 is 14.6 Å². The van der Waals surface area contributed by atoms with Crippen LogP contribution in [0.3, 0.4) is 0 Å². The Morgan fingerprint density at radius 3 is 2.78 bits per heavy atom. The third kappa shape index (κ3) is 1.70. The molecule has 0 bridgehead atoms. The Balaban J connectivity index is 2.10. The van der Waals surface area contributed by atoms with Crippen LogP contribution in [0.2, 0.25) is 5.22 Å². The molecule has 0 aliphatic rings. The van der Waals surface area contributed by atoms with Gasteiger partial charge in [0.15, 0.2) is 16.6 Å². The van der Waals surface area contributed by atoms with E-state index in [1.807, 2.05) is 0 Å². The average molecular weight is 266 g/mol. The smallest absolute Gasteiger partial charge is 0.198 e. The largest absolute Gasteiger partial charge is 0.456 e. The van der Waals surface area contributed by atoms with Gasteiger partial charge in [-0.2, -0.15) is 0 Å². The second kappa shape index (κ2) is 4.15. The fraction of sp³-hybridized carbons (Fsp3) is 0.0769. The van der Waals surface area contributed by atoms with Gasteiger partial charge in [0.05, 0.1) is 12.3 Å². The Labute approximate surface area is 107 Å². The van der Waals surface area contributed by atoms with Crippen LogP contribution >= 0.6 is 11.6 Å². The highest BCUT2D eigenvalue weighted by Gasteiger charge is 2.19. The van der Waals surface area contributed by atoms with Gasteiger partial charge in [-0.25, -0.2) is 4.39 Å². The maximum atomic E-state index is 13.5. The summed E-state index contributed by atoms with van der Waals surface area (Å²) >= 11 is 5.85. The molecule has 3 nitrogen and oxygen atoms in total. The molecule has 0 saturated heterocycles. The molecular formula is C13H9ClFNO2. The quantitative estimate of drug-likeness (QED) is 0.765. The summed E-state index contributed by atoms with van der Waals surface area (Å²) < 4.78 is 23.9. The van der Waals surface area contributed by atoms with Gasteiger partial charge in [0.25, 0.3) is 0 Å². The summed E-state index contributed by atoms with van der Waals surface area (Å²) in [7, 11) is 0. The molecule has 1 atom stereocenters. The van der Waals surface area contributed by atoms with Crippen LogP contribution in [0.15, 0.2) is 45.4 Å². The van der Waals surface area contributed by atoms with E-state index in [-0.39, 0.29) is 10.8 Å². The number of rotatable bonds is 2. The van der Waals surface area contributed by atoms with Crippen molar-refractivity contribution in [3.8, 4) is 0 Å². The Kier molecular flexibility index (Phi) is 2.61. The predicted octanol–water partition coefficient (Wildman–Crippen LogP) is 3.87. The molecule has 1 aromatic carbocycles. The Hall–Kier alpha value is -1.78. The zero-order valence-corrected chi connectivity index (χ0v) is 9.95. The van der Waals surface area contributed by atoms with Gasteiger partial charge >= 0.3 is 0 Å². The number of para-hydroxylation sites is 1. The summed E-state index contributed by atoms with van der Waals surface area (Å²) in [6, 6.07) is 7.50. The van der Waals surface area contributed by atoms with Crippen molar-refractivity contribution < 1.29 is 13.2 Å². The molecule has 5 heteroatoms. The molecule has 92 valence electrons. The Bertz CT molecular complexity index is 704. The van der Waals surface area contributed by atoms with Crippen molar-refractivity contribution in [1.29, 1.82) is 0 Å². The normalized spacial score (nSPS) is 13.1. The molecule has 0 spiro atoms. The van der Waals surface area contributed by atoms with Crippen LogP contribution in [0.4, 0.5) is 4.39 Å². The first-order valence-corrected chi connectivity index (χ1v) is 5.71. The van der Waals surface area contributed by atoms with Gasteiger partial charge in [0.2, 0.25) is 0 Å². The number of hydrogen-bond acceptors (Lipinski definition) is 3. The highest BCUT2D eigenvalue weighted by Crippen LogP contribution is 2.31. The average Bonchev–Trinajstić information content (AvgIpc) is 2.95. The lowest BCUT2D eigenvalue weighted by Gasteiger charge is -2.05. The van der Waals surface area contributed by atoms with Crippen molar-refractivity contribution in [3.63, 3.8) is 0 Å². The minimum Gasteiger partial charge on any atom is -0.456 e. The maximum Gasteiger partial charge on any atom is 0.198 e. The molecule has 0 aliphatic carbocycles. The van der Waals surface area contributed by atoms with Gasteiger partial charge in [-0.05, 0) is 29.8 Å². The predicted molar refractivity (Wildman–Crippen MR) is 65.9 cm³/mol. The second-order valence-corrected chi connectivity index (χ2v) is 4.28. The lowest BCUT2D eigenvalue weighted by atomic mass is 10.1. The molecule has 0 amide bonds. The lowest BCUT2D eigenvalue weighted by molar-refractivity contribution is 0.498. The zero-order chi connectivity index (χ0) is 12.7. The van der Waals surface area contributed by atoms with Crippen molar-refractivity contribution >= 4 is 22.6 Å². The number of fused-ring (bicyclic) bond motifs is 1. The Morgan fingerprint density at radius 1 is 1.28 bits per heavy atom. The SMILES string of the molecule is NC(c1cc2cccc(F)c2o1)c1ccoc1Cl. The van der Waals surface area contributed by atoms with Crippen molar-refractivity contribution in [2.24, 2.45) is 5.73 Å². The summed E-state index contributed by atoms with van der Waals surface area (Å²) in [6.45, 7) is 0. The van der Waals surface area contributed by atoms with E-state index >= 15 is 0 Å². The minimum atomic E-state index is -0.581. The highest BCUT2D eigenvalue weighted by atomic mass is 35.5. The van der Waals surface area contributed by atoms with E-state index in [0.717, 1.165) is 0 Å². The molecule has 2 N–H and O–H groups in total. The molecule has 3 rings (SSSR count). The van der Waals surface area contributed by atoms with Gasteiger partial charge in [0.1, 0.15) is 5.76 Å². The third-order valence-electron chi connectivity index (χ3n) is 2.80. The van der Waals surface area contributed by atoms with Crippen molar-refractivity contribution in [3.05, 3.63) is 59.0 Å². The second-order valence-electron chi connectivity index (χ2n) is 3.93. The highest BCUT2D eigenvalue weighted by molar-refractivity contribution is 6.29. The molecule has 18 heavy (non-hydrogen) atoms. The maximum absolute atomic E-state index is 13.5. The van der Waals surface area contributed by atoms with Crippen molar-refractivity contribution in [2.75, 3.05) is 0 Å². The minimum absolute atomic E-state index is 0.197. The molecular weight excluding hydrogens is 257 g/mol. The van der Waals surface area contributed by atoms with Crippen LogP contribution in [-0.4, -0.2) is 0 Å². The molecule has 0 saturated carbocycles. The van der Waals surface area contributed by atoms with E-state index in [4.69, 9.17) is 26.2 Å². The summed E-state index contributed by atoms with van der Waals surface area (Å²) in [5.74, 6) is 0.0302. The number of nitrogens with two attached hydrogens (primary N) is 1. The van der Waals surface area contributed by atoms with Gasteiger partial charge in [-0.1, -0.05) is 12.1 Å². The zero-order valence-electron chi connectivity index (χ0n) is 9.19. The lowest BCUT2D eigenvalue weighted by Crippen LogP contribution is -2.10. The molecule has 2 aromatic heterocycles. The molecule has 1 unspecified atom stereocenters. The molecule has 0 radical (unpaired) electrons. The third-order valence-corrected chi connectivity index (χ3v) is 3.11. The molecule has 3 aromatic rings. The fourth-order valence-corrected chi connectivity index (χ4v) is 2.11.